The maximum atomic E-state index is 12.0. The topological polar surface area (TPSA) is 56.1 Å². The van der Waals surface area contributed by atoms with Crippen molar-refractivity contribution in [2.75, 3.05) is 7.11 Å². The molecule has 0 bridgehead atoms. The van der Waals surface area contributed by atoms with Gasteiger partial charge in [-0.05, 0) is 33.6 Å². The molecule has 1 aromatic heterocycles. The molecule has 100 valence electrons. The van der Waals surface area contributed by atoms with Crippen molar-refractivity contribution in [3.63, 3.8) is 0 Å². The number of aromatic nitrogens is 2. The molecule has 0 saturated carbocycles. The highest BCUT2D eigenvalue weighted by molar-refractivity contribution is 9.10. The van der Waals surface area contributed by atoms with Gasteiger partial charge in [-0.3, -0.25) is 9.48 Å². The highest BCUT2D eigenvalue weighted by atomic mass is 79.9. The Morgan fingerprint density at radius 2 is 2.11 bits per heavy atom. The van der Waals surface area contributed by atoms with Crippen molar-refractivity contribution in [2.45, 2.75) is 6.54 Å². The molecule has 0 aliphatic carbocycles. The molecule has 0 aliphatic rings. The Balaban J connectivity index is 2.00. The quantitative estimate of drug-likeness (QED) is 0.937. The fourth-order valence-electron chi connectivity index (χ4n) is 1.68. The minimum atomic E-state index is -0.164. The summed E-state index contributed by atoms with van der Waals surface area (Å²) in [7, 11) is 3.35. The summed E-state index contributed by atoms with van der Waals surface area (Å²) >= 11 is 3.30. The van der Waals surface area contributed by atoms with Gasteiger partial charge in [-0.25, -0.2) is 0 Å². The zero-order chi connectivity index (χ0) is 13.8. The van der Waals surface area contributed by atoms with E-state index in [1.807, 2.05) is 24.3 Å². The van der Waals surface area contributed by atoms with Crippen LogP contribution in [0.4, 0.5) is 0 Å². The number of hydrogen-bond acceptors (Lipinski definition) is 3. The van der Waals surface area contributed by atoms with E-state index in [9.17, 15) is 4.79 Å². The number of nitrogens with one attached hydrogen (secondary N) is 1. The Bertz CT molecular complexity index is 559. The van der Waals surface area contributed by atoms with E-state index in [1.165, 1.54) is 4.68 Å². The molecular weight excluding hydrogens is 310 g/mol. The number of aryl methyl sites for hydroxylation is 1. The first-order valence-corrected chi connectivity index (χ1v) is 6.49. The molecule has 0 spiro atoms. The van der Waals surface area contributed by atoms with Crippen LogP contribution < -0.4 is 10.1 Å². The standard InChI is InChI=1S/C13H14BrN3O2/c1-17-12(11(14)8-16-17)13(18)15-7-9-3-5-10(19-2)6-4-9/h3-6,8H,7H2,1-2H3,(H,15,18). The number of amides is 1. The Hall–Kier alpha value is -1.82. The van der Waals surface area contributed by atoms with Crippen molar-refractivity contribution in [3.8, 4) is 5.75 Å². The van der Waals surface area contributed by atoms with Gasteiger partial charge < -0.3 is 10.1 Å². The van der Waals surface area contributed by atoms with Gasteiger partial charge in [0.1, 0.15) is 11.4 Å². The third-order valence-corrected chi connectivity index (χ3v) is 3.30. The minimum Gasteiger partial charge on any atom is -0.497 e. The molecule has 2 aromatic rings. The zero-order valence-corrected chi connectivity index (χ0v) is 12.3. The van der Waals surface area contributed by atoms with Crippen molar-refractivity contribution >= 4 is 21.8 Å². The lowest BCUT2D eigenvalue weighted by atomic mass is 10.2. The molecule has 0 unspecified atom stereocenters. The number of benzene rings is 1. The highest BCUT2D eigenvalue weighted by Gasteiger charge is 2.14. The third kappa shape index (κ3) is 3.14. The van der Waals surface area contributed by atoms with E-state index < -0.39 is 0 Å². The molecule has 0 fully saturated rings. The second-order valence-electron chi connectivity index (χ2n) is 4.00. The summed E-state index contributed by atoms with van der Waals surface area (Å²) in [5.41, 5.74) is 1.51. The molecule has 1 N–H and O–H groups in total. The average Bonchev–Trinajstić information content (AvgIpc) is 2.76. The Morgan fingerprint density at radius 1 is 1.42 bits per heavy atom. The first-order chi connectivity index (χ1) is 9.11. The summed E-state index contributed by atoms with van der Waals surface area (Å²) in [6, 6.07) is 7.55. The second kappa shape index (κ2) is 5.88. The van der Waals surface area contributed by atoms with Crippen LogP contribution in [0.1, 0.15) is 16.1 Å². The summed E-state index contributed by atoms with van der Waals surface area (Å²) in [6.07, 6.45) is 1.60. The molecule has 0 aliphatic heterocycles. The largest absolute Gasteiger partial charge is 0.497 e. The predicted octanol–water partition coefficient (Wildman–Crippen LogP) is 2.12. The fourth-order valence-corrected chi connectivity index (χ4v) is 2.20. The van der Waals surface area contributed by atoms with E-state index in [2.05, 4.69) is 26.3 Å². The summed E-state index contributed by atoms with van der Waals surface area (Å²) in [6.45, 7) is 0.459. The first kappa shape index (κ1) is 13.6. The molecule has 1 aromatic carbocycles. The number of halogens is 1. The van der Waals surface area contributed by atoms with Gasteiger partial charge in [0.15, 0.2) is 0 Å². The number of carbonyl (C=O) groups excluding carboxylic acids is 1. The predicted molar refractivity (Wildman–Crippen MR) is 75.1 cm³/mol. The molecule has 2 rings (SSSR count). The van der Waals surface area contributed by atoms with Gasteiger partial charge in [-0.1, -0.05) is 12.1 Å². The smallest absolute Gasteiger partial charge is 0.270 e. The van der Waals surface area contributed by atoms with Gasteiger partial charge in [0.2, 0.25) is 0 Å². The van der Waals surface area contributed by atoms with Gasteiger partial charge in [-0.15, -0.1) is 0 Å². The summed E-state index contributed by atoms with van der Waals surface area (Å²) in [5.74, 6) is 0.632. The van der Waals surface area contributed by atoms with E-state index in [0.29, 0.717) is 16.7 Å². The van der Waals surface area contributed by atoms with Crippen molar-refractivity contribution in [1.29, 1.82) is 0 Å². The lowest BCUT2D eigenvalue weighted by Crippen LogP contribution is -2.25. The van der Waals surface area contributed by atoms with Crippen LogP contribution in [0.2, 0.25) is 0 Å². The lowest BCUT2D eigenvalue weighted by molar-refractivity contribution is 0.0940. The molecule has 0 saturated heterocycles. The molecular formula is C13H14BrN3O2. The van der Waals surface area contributed by atoms with Crippen molar-refractivity contribution in [3.05, 3.63) is 46.2 Å². The highest BCUT2D eigenvalue weighted by Crippen LogP contribution is 2.15. The van der Waals surface area contributed by atoms with E-state index in [-0.39, 0.29) is 5.91 Å². The second-order valence-corrected chi connectivity index (χ2v) is 4.85. The lowest BCUT2D eigenvalue weighted by Gasteiger charge is -2.07. The Morgan fingerprint density at radius 3 is 2.63 bits per heavy atom. The van der Waals surface area contributed by atoms with Gasteiger partial charge in [0, 0.05) is 13.6 Å². The Labute approximate surface area is 119 Å². The van der Waals surface area contributed by atoms with Crippen LogP contribution in [-0.4, -0.2) is 22.8 Å². The van der Waals surface area contributed by atoms with Gasteiger partial charge in [-0.2, -0.15) is 5.10 Å². The van der Waals surface area contributed by atoms with Crippen LogP contribution in [0.5, 0.6) is 5.75 Å². The van der Waals surface area contributed by atoms with E-state index in [1.54, 1.807) is 20.4 Å². The molecule has 5 nitrogen and oxygen atoms in total. The molecule has 0 atom stereocenters. The van der Waals surface area contributed by atoms with Crippen LogP contribution in [0, 0.1) is 0 Å². The minimum absolute atomic E-state index is 0.164. The van der Waals surface area contributed by atoms with Crippen molar-refractivity contribution in [2.24, 2.45) is 7.05 Å². The van der Waals surface area contributed by atoms with Crippen LogP contribution in [0.25, 0.3) is 0 Å². The summed E-state index contributed by atoms with van der Waals surface area (Å²) < 4.78 is 7.30. The maximum Gasteiger partial charge on any atom is 0.270 e. The number of ether oxygens (including phenoxy) is 1. The molecule has 6 heteroatoms. The third-order valence-electron chi connectivity index (χ3n) is 2.72. The Kier molecular flexibility index (Phi) is 4.21. The monoisotopic (exact) mass is 323 g/mol. The van der Waals surface area contributed by atoms with Crippen LogP contribution >= 0.6 is 15.9 Å². The van der Waals surface area contributed by atoms with Crippen LogP contribution in [0.3, 0.4) is 0 Å². The van der Waals surface area contributed by atoms with E-state index in [0.717, 1.165) is 11.3 Å². The normalized spacial score (nSPS) is 10.3. The molecule has 1 heterocycles. The number of nitrogens with zero attached hydrogens (tertiary/aromatic N) is 2. The molecule has 19 heavy (non-hydrogen) atoms. The van der Waals surface area contributed by atoms with Gasteiger partial charge in [0.05, 0.1) is 17.8 Å². The number of hydrogen-bond donors (Lipinski definition) is 1. The SMILES string of the molecule is COc1ccc(CNC(=O)c2c(Br)cnn2C)cc1. The van der Waals surface area contributed by atoms with E-state index >= 15 is 0 Å². The van der Waals surface area contributed by atoms with Crippen LogP contribution in [0.15, 0.2) is 34.9 Å². The summed E-state index contributed by atoms with van der Waals surface area (Å²) in [4.78, 5) is 12.0. The van der Waals surface area contributed by atoms with Gasteiger partial charge in [0.25, 0.3) is 5.91 Å². The molecule has 0 radical (unpaired) electrons. The number of rotatable bonds is 4. The zero-order valence-electron chi connectivity index (χ0n) is 10.7. The van der Waals surface area contributed by atoms with E-state index in [4.69, 9.17) is 4.74 Å². The maximum absolute atomic E-state index is 12.0. The average molecular weight is 324 g/mol. The first-order valence-electron chi connectivity index (χ1n) is 5.70. The van der Waals surface area contributed by atoms with Gasteiger partial charge >= 0.3 is 0 Å². The van der Waals surface area contributed by atoms with Crippen LogP contribution in [-0.2, 0) is 13.6 Å². The molecule has 1 amide bonds. The number of carbonyl (C=O) groups is 1. The van der Waals surface area contributed by atoms with Crippen molar-refractivity contribution < 1.29 is 9.53 Å². The van der Waals surface area contributed by atoms with Crippen molar-refractivity contribution in [1.82, 2.24) is 15.1 Å². The summed E-state index contributed by atoms with van der Waals surface area (Å²) in [5, 5.41) is 6.86. The fraction of sp³-hybridized carbons (Fsp3) is 0.231. The number of methoxy groups -OCH3 is 1.